The summed E-state index contributed by atoms with van der Waals surface area (Å²) < 4.78 is 16.6. The predicted molar refractivity (Wildman–Crippen MR) is 54.7 cm³/mol. The zero-order valence-electron chi connectivity index (χ0n) is 7.66. The topological polar surface area (TPSA) is 44.8 Å². The van der Waals surface area contributed by atoms with Crippen molar-refractivity contribution in [3.63, 3.8) is 0 Å². The molecule has 76 valence electrons. The Balaban J connectivity index is 2.48. The van der Waals surface area contributed by atoms with Crippen molar-refractivity contribution in [2.45, 2.75) is 31.8 Å². The average Bonchev–Trinajstić information content (AvgIpc) is 2.37. The lowest BCUT2D eigenvalue weighted by atomic mass is 10.2. The molecule has 1 heterocycles. The molecular weight excluding hydrogens is 287 g/mol. The van der Waals surface area contributed by atoms with Crippen LogP contribution in [-0.4, -0.2) is 35.5 Å². The first-order valence-corrected chi connectivity index (χ1v) is 5.58. The zero-order valence-corrected chi connectivity index (χ0v) is 9.81. The van der Waals surface area contributed by atoms with Crippen molar-refractivity contribution in [3.8, 4) is 0 Å². The van der Waals surface area contributed by atoms with E-state index in [-0.39, 0.29) is 18.8 Å². The van der Waals surface area contributed by atoms with E-state index in [1.165, 1.54) is 0 Å². The highest BCUT2D eigenvalue weighted by Crippen LogP contribution is 2.29. The highest BCUT2D eigenvalue weighted by atomic mass is 127. The van der Waals surface area contributed by atoms with Gasteiger partial charge in [0.1, 0.15) is 12.7 Å². The second-order valence-corrected chi connectivity index (χ2v) is 4.18. The van der Waals surface area contributed by atoms with Crippen LogP contribution in [0.4, 0.5) is 0 Å². The van der Waals surface area contributed by atoms with Gasteiger partial charge in [-0.25, -0.2) is 0 Å². The van der Waals surface area contributed by atoms with Gasteiger partial charge in [0, 0.05) is 4.43 Å². The van der Waals surface area contributed by atoms with Gasteiger partial charge in [-0.05, 0) is 13.8 Å². The van der Waals surface area contributed by atoms with E-state index in [2.05, 4.69) is 27.3 Å². The predicted octanol–water partition coefficient (Wildman–Crippen LogP) is 1.11. The summed E-state index contributed by atoms with van der Waals surface area (Å²) in [6, 6.07) is 0. The summed E-state index contributed by atoms with van der Waals surface area (Å²) in [5.74, 6) is -0.563. The lowest BCUT2D eigenvalue weighted by Crippen LogP contribution is -2.28. The van der Waals surface area contributed by atoms with Crippen LogP contribution in [0.2, 0.25) is 0 Å². The largest absolute Gasteiger partial charge is 0.465 e. The van der Waals surface area contributed by atoms with Gasteiger partial charge in [-0.3, -0.25) is 4.79 Å². The molecule has 4 nitrogen and oxygen atoms in total. The van der Waals surface area contributed by atoms with Crippen LogP contribution >= 0.6 is 22.6 Å². The summed E-state index contributed by atoms with van der Waals surface area (Å²) in [6.45, 7) is 4.40. The first kappa shape index (κ1) is 11.2. The minimum Gasteiger partial charge on any atom is -0.465 e. The Morgan fingerprint density at radius 2 is 2.08 bits per heavy atom. The van der Waals surface area contributed by atoms with Crippen LogP contribution in [0.25, 0.3) is 0 Å². The Kier molecular flexibility index (Phi) is 3.93. The van der Waals surface area contributed by atoms with Crippen molar-refractivity contribution >= 4 is 29.1 Å². The maximum absolute atomic E-state index is 10.00. The highest BCUT2D eigenvalue weighted by Gasteiger charge is 2.40. The number of alkyl halides is 1. The molecule has 0 aliphatic carbocycles. The van der Waals surface area contributed by atoms with Crippen LogP contribution in [0.5, 0.6) is 0 Å². The van der Waals surface area contributed by atoms with Crippen molar-refractivity contribution in [1.29, 1.82) is 0 Å². The molecule has 0 aromatic heterocycles. The van der Waals surface area contributed by atoms with E-state index in [0.29, 0.717) is 6.47 Å². The van der Waals surface area contributed by atoms with Crippen LogP contribution < -0.4 is 0 Å². The molecule has 0 unspecified atom stereocenters. The van der Waals surface area contributed by atoms with Gasteiger partial charge < -0.3 is 14.2 Å². The SMILES string of the molecule is CC1(C)O[C@@H](CI)[C@@H](COC=O)O1. The number of carbonyl (C=O) groups is 1. The maximum atomic E-state index is 10.00. The van der Waals surface area contributed by atoms with Crippen LogP contribution in [0.15, 0.2) is 0 Å². The summed E-state index contributed by atoms with van der Waals surface area (Å²) in [6.07, 6.45) is -0.132. The number of halogens is 1. The molecule has 5 heteroatoms. The molecule has 0 N–H and O–H groups in total. The number of hydrogen-bond acceptors (Lipinski definition) is 4. The third-order valence-corrected chi connectivity index (χ3v) is 2.63. The van der Waals surface area contributed by atoms with E-state index in [0.717, 1.165) is 4.43 Å². The smallest absolute Gasteiger partial charge is 0.293 e. The standard InChI is InChI=1S/C8H13IO4/c1-8(2)12-6(3-9)7(13-8)4-11-5-10/h5-7H,3-4H2,1-2H3/t6-,7+/m0/s1. The van der Waals surface area contributed by atoms with Gasteiger partial charge in [0.25, 0.3) is 6.47 Å². The van der Waals surface area contributed by atoms with Gasteiger partial charge in [0.05, 0.1) is 6.10 Å². The monoisotopic (exact) mass is 300 g/mol. The minimum atomic E-state index is -0.563. The summed E-state index contributed by atoms with van der Waals surface area (Å²) in [7, 11) is 0. The van der Waals surface area contributed by atoms with Gasteiger partial charge in [-0.1, -0.05) is 22.6 Å². The molecule has 0 aromatic carbocycles. The number of ether oxygens (including phenoxy) is 3. The van der Waals surface area contributed by atoms with E-state index in [1.54, 1.807) is 0 Å². The third kappa shape index (κ3) is 3.07. The molecule has 1 aliphatic rings. The number of carbonyl (C=O) groups excluding carboxylic acids is 1. The third-order valence-electron chi connectivity index (χ3n) is 1.77. The first-order chi connectivity index (χ1) is 6.09. The quantitative estimate of drug-likeness (QED) is 0.443. The number of rotatable bonds is 4. The van der Waals surface area contributed by atoms with Gasteiger partial charge >= 0.3 is 0 Å². The number of hydrogen-bond donors (Lipinski definition) is 0. The summed E-state index contributed by atoms with van der Waals surface area (Å²) in [5, 5.41) is 0. The molecule has 2 atom stereocenters. The Bertz CT molecular complexity index is 183. The molecule has 0 radical (unpaired) electrons. The molecule has 0 saturated carbocycles. The van der Waals surface area contributed by atoms with Crippen molar-refractivity contribution in [2.75, 3.05) is 11.0 Å². The lowest BCUT2D eigenvalue weighted by molar-refractivity contribution is -0.153. The van der Waals surface area contributed by atoms with E-state index in [1.807, 2.05) is 13.8 Å². The average molecular weight is 300 g/mol. The molecule has 0 spiro atoms. The minimum absolute atomic E-state index is 0.00977. The molecule has 0 amide bonds. The van der Waals surface area contributed by atoms with E-state index in [9.17, 15) is 4.79 Å². The zero-order chi connectivity index (χ0) is 9.90. The van der Waals surface area contributed by atoms with Crippen LogP contribution in [0, 0.1) is 0 Å². The van der Waals surface area contributed by atoms with Crippen molar-refractivity contribution in [2.24, 2.45) is 0 Å². The van der Waals surface area contributed by atoms with Crippen LogP contribution in [0.3, 0.4) is 0 Å². The maximum Gasteiger partial charge on any atom is 0.293 e. The summed E-state index contributed by atoms with van der Waals surface area (Å²) in [4.78, 5) is 10.00. The van der Waals surface area contributed by atoms with Gasteiger partial charge in [-0.15, -0.1) is 0 Å². The lowest BCUT2D eigenvalue weighted by Gasteiger charge is -2.16. The molecular formula is C8H13IO4. The second kappa shape index (κ2) is 4.56. The van der Waals surface area contributed by atoms with Crippen LogP contribution in [-0.2, 0) is 19.0 Å². The molecule has 0 aromatic rings. The fraction of sp³-hybridized carbons (Fsp3) is 0.875. The first-order valence-electron chi connectivity index (χ1n) is 4.06. The molecule has 1 saturated heterocycles. The summed E-state index contributed by atoms with van der Waals surface area (Å²) >= 11 is 2.22. The molecule has 1 rings (SSSR count). The highest BCUT2D eigenvalue weighted by molar-refractivity contribution is 14.1. The van der Waals surface area contributed by atoms with Crippen molar-refractivity contribution < 1.29 is 19.0 Å². The second-order valence-electron chi connectivity index (χ2n) is 3.30. The molecule has 0 bridgehead atoms. The van der Waals surface area contributed by atoms with Crippen molar-refractivity contribution in [3.05, 3.63) is 0 Å². The summed E-state index contributed by atoms with van der Waals surface area (Å²) in [5.41, 5.74) is 0. The fourth-order valence-electron chi connectivity index (χ4n) is 1.31. The van der Waals surface area contributed by atoms with Gasteiger partial charge in [-0.2, -0.15) is 0 Å². The molecule has 1 fully saturated rings. The molecule has 13 heavy (non-hydrogen) atoms. The van der Waals surface area contributed by atoms with Crippen molar-refractivity contribution in [1.82, 2.24) is 0 Å². The Morgan fingerprint density at radius 1 is 1.46 bits per heavy atom. The normalized spacial score (nSPS) is 31.6. The van der Waals surface area contributed by atoms with E-state index < -0.39 is 5.79 Å². The van der Waals surface area contributed by atoms with E-state index >= 15 is 0 Å². The Morgan fingerprint density at radius 3 is 2.62 bits per heavy atom. The van der Waals surface area contributed by atoms with Gasteiger partial charge in [0.2, 0.25) is 0 Å². The Hall–Kier alpha value is 0.120. The molecule has 1 aliphatic heterocycles. The van der Waals surface area contributed by atoms with Crippen LogP contribution in [0.1, 0.15) is 13.8 Å². The fourth-order valence-corrected chi connectivity index (χ4v) is 2.06. The van der Waals surface area contributed by atoms with E-state index in [4.69, 9.17) is 9.47 Å². The Labute approximate surface area is 91.1 Å². The van der Waals surface area contributed by atoms with Gasteiger partial charge in [0.15, 0.2) is 5.79 Å².